The lowest BCUT2D eigenvalue weighted by molar-refractivity contribution is 0.292. The number of hydrogen-bond acceptors (Lipinski definition) is 3. The second kappa shape index (κ2) is 10.7. The van der Waals surface area contributed by atoms with Crippen molar-refractivity contribution in [1.29, 1.82) is 0 Å². The van der Waals surface area contributed by atoms with Crippen LogP contribution >= 0.6 is 0 Å². The number of rotatable bonds is 11. The third kappa shape index (κ3) is 8.16. The van der Waals surface area contributed by atoms with Crippen molar-refractivity contribution in [2.24, 2.45) is 0 Å². The molecular formula is C17H30N2O. The van der Waals surface area contributed by atoms with Crippen molar-refractivity contribution >= 4 is 0 Å². The van der Waals surface area contributed by atoms with Gasteiger partial charge in [0.05, 0.1) is 12.3 Å². The lowest BCUT2D eigenvalue weighted by atomic mass is 10.1. The Morgan fingerprint density at radius 2 is 1.85 bits per heavy atom. The second-order valence-corrected chi connectivity index (χ2v) is 5.62. The summed E-state index contributed by atoms with van der Waals surface area (Å²) in [5.41, 5.74) is 1.04. The minimum Gasteiger partial charge on any atom is -0.478 e. The molecule has 3 heteroatoms. The number of pyridine rings is 1. The van der Waals surface area contributed by atoms with E-state index in [2.05, 4.69) is 31.1 Å². The zero-order chi connectivity index (χ0) is 14.6. The van der Waals surface area contributed by atoms with Crippen molar-refractivity contribution in [1.82, 2.24) is 10.3 Å². The van der Waals surface area contributed by atoms with E-state index in [4.69, 9.17) is 4.74 Å². The van der Waals surface area contributed by atoms with Crippen molar-refractivity contribution < 1.29 is 4.74 Å². The molecule has 0 bridgehead atoms. The van der Waals surface area contributed by atoms with Crippen LogP contribution in [0.2, 0.25) is 0 Å². The minimum atomic E-state index is 0.476. The van der Waals surface area contributed by atoms with E-state index >= 15 is 0 Å². The van der Waals surface area contributed by atoms with Crippen LogP contribution in [0.15, 0.2) is 18.2 Å². The highest BCUT2D eigenvalue weighted by molar-refractivity contribution is 5.15. The minimum absolute atomic E-state index is 0.476. The van der Waals surface area contributed by atoms with E-state index in [1.807, 2.05) is 18.2 Å². The molecule has 0 atom stereocenters. The Bertz CT molecular complexity index is 353. The molecule has 0 aliphatic carbocycles. The standard InChI is InChI=1S/C17H30N2O/c1-4-5-6-7-8-9-13-20-17-12-10-11-16(19-17)14-18-15(2)3/h10-12,15,18H,4-9,13-14H2,1-3H3. The number of nitrogens with one attached hydrogen (secondary N) is 1. The van der Waals surface area contributed by atoms with Gasteiger partial charge in [-0.25, -0.2) is 4.98 Å². The number of ether oxygens (including phenoxy) is 1. The Balaban J connectivity index is 2.18. The zero-order valence-corrected chi connectivity index (χ0v) is 13.3. The molecule has 0 aliphatic rings. The van der Waals surface area contributed by atoms with E-state index in [1.165, 1.54) is 32.1 Å². The summed E-state index contributed by atoms with van der Waals surface area (Å²) >= 11 is 0. The molecule has 0 saturated carbocycles. The van der Waals surface area contributed by atoms with Gasteiger partial charge in [0.15, 0.2) is 0 Å². The van der Waals surface area contributed by atoms with Gasteiger partial charge < -0.3 is 10.1 Å². The fourth-order valence-electron chi connectivity index (χ4n) is 2.00. The normalized spacial score (nSPS) is 11.0. The van der Waals surface area contributed by atoms with Crippen LogP contribution < -0.4 is 10.1 Å². The summed E-state index contributed by atoms with van der Waals surface area (Å²) < 4.78 is 5.72. The number of unbranched alkanes of at least 4 members (excludes halogenated alkanes) is 5. The van der Waals surface area contributed by atoms with Crippen LogP contribution in [-0.2, 0) is 6.54 Å². The molecule has 1 rings (SSSR count). The van der Waals surface area contributed by atoms with Crippen LogP contribution in [0, 0.1) is 0 Å². The van der Waals surface area contributed by atoms with Crippen LogP contribution in [0.5, 0.6) is 5.88 Å². The molecule has 0 fully saturated rings. The molecule has 114 valence electrons. The molecule has 0 radical (unpaired) electrons. The van der Waals surface area contributed by atoms with Crippen LogP contribution in [0.25, 0.3) is 0 Å². The fourth-order valence-corrected chi connectivity index (χ4v) is 2.00. The number of nitrogens with zero attached hydrogens (tertiary/aromatic N) is 1. The Kier molecular flexibility index (Phi) is 9.05. The highest BCUT2D eigenvalue weighted by Crippen LogP contribution is 2.10. The number of aromatic nitrogens is 1. The quantitative estimate of drug-likeness (QED) is 0.612. The van der Waals surface area contributed by atoms with E-state index in [0.717, 1.165) is 31.1 Å². The van der Waals surface area contributed by atoms with E-state index in [9.17, 15) is 0 Å². The summed E-state index contributed by atoms with van der Waals surface area (Å²) in [5, 5.41) is 3.37. The lowest BCUT2D eigenvalue weighted by Gasteiger charge is -2.09. The van der Waals surface area contributed by atoms with Gasteiger partial charge in [0.1, 0.15) is 0 Å². The van der Waals surface area contributed by atoms with Gasteiger partial charge in [-0.3, -0.25) is 0 Å². The smallest absolute Gasteiger partial charge is 0.213 e. The van der Waals surface area contributed by atoms with Gasteiger partial charge in [0.25, 0.3) is 0 Å². The average molecular weight is 278 g/mol. The van der Waals surface area contributed by atoms with Gasteiger partial charge in [-0.2, -0.15) is 0 Å². The summed E-state index contributed by atoms with van der Waals surface area (Å²) in [7, 11) is 0. The van der Waals surface area contributed by atoms with Gasteiger partial charge >= 0.3 is 0 Å². The molecule has 1 N–H and O–H groups in total. The van der Waals surface area contributed by atoms with Crippen LogP contribution in [0.1, 0.15) is 65.0 Å². The molecule has 3 nitrogen and oxygen atoms in total. The molecule has 1 aromatic rings. The Hall–Kier alpha value is -1.09. The van der Waals surface area contributed by atoms with Gasteiger partial charge in [0.2, 0.25) is 5.88 Å². The Morgan fingerprint density at radius 1 is 1.10 bits per heavy atom. The zero-order valence-electron chi connectivity index (χ0n) is 13.3. The third-order valence-electron chi connectivity index (χ3n) is 3.22. The van der Waals surface area contributed by atoms with Gasteiger partial charge in [-0.1, -0.05) is 58.9 Å². The van der Waals surface area contributed by atoms with Crippen LogP contribution in [0.4, 0.5) is 0 Å². The molecule has 20 heavy (non-hydrogen) atoms. The Labute approximate surface area is 124 Å². The third-order valence-corrected chi connectivity index (χ3v) is 3.22. The predicted molar refractivity (Wildman–Crippen MR) is 85.1 cm³/mol. The predicted octanol–water partition coefficient (Wildman–Crippen LogP) is 4.32. The van der Waals surface area contributed by atoms with Crippen LogP contribution in [-0.4, -0.2) is 17.6 Å². The summed E-state index contributed by atoms with van der Waals surface area (Å²) in [4.78, 5) is 4.51. The van der Waals surface area contributed by atoms with Crippen molar-refractivity contribution in [2.45, 2.75) is 71.9 Å². The summed E-state index contributed by atoms with van der Waals surface area (Å²) in [6, 6.07) is 6.47. The van der Waals surface area contributed by atoms with Crippen molar-refractivity contribution in [3.05, 3.63) is 23.9 Å². The summed E-state index contributed by atoms with van der Waals surface area (Å²) in [5.74, 6) is 0.751. The lowest BCUT2D eigenvalue weighted by Crippen LogP contribution is -2.22. The monoisotopic (exact) mass is 278 g/mol. The first-order valence-electron chi connectivity index (χ1n) is 8.04. The molecule has 0 aromatic carbocycles. The SMILES string of the molecule is CCCCCCCCOc1cccc(CNC(C)C)n1. The van der Waals surface area contributed by atoms with Crippen molar-refractivity contribution in [3.63, 3.8) is 0 Å². The first kappa shape index (κ1) is 17.0. The van der Waals surface area contributed by atoms with Crippen molar-refractivity contribution in [2.75, 3.05) is 6.61 Å². The fraction of sp³-hybridized carbons (Fsp3) is 0.706. The van der Waals surface area contributed by atoms with Gasteiger partial charge in [0, 0.05) is 18.7 Å². The van der Waals surface area contributed by atoms with Crippen molar-refractivity contribution in [3.8, 4) is 5.88 Å². The topological polar surface area (TPSA) is 34.1 Å². The molecule has 0 amide bonds. The summed E-state index contributed by atoms with van der Waals surface area (Å²) in [6.45, 7) is 8.10. The van der Waals surface area contributed by atoms with Gasteiger partial charge in [-0.15, -0.1) is 0 Å². The maximum atomic E-state index is 5.72. The Morgan fingerprint density at radius 3 is 2.60 bits per heavy atom. The summed E-state index contributed by atoms with van der Waals surface area (Å²) in [6.07, 6.45) is 7.72. The molecule has 1 aromatic heterocycles. The first-order valence-corrected chi connectivity index (χ1v) is 8.04. The molecule has 0 spiro atoms. The highest BCUT2D eigenvalue weighted by Gasteiger charge is 2.00. The van der Waals surface area contributed by atoms with Crippen LogP contribution in [0.3, 0.4) is 0 Å². The first-order chi connectivity index (χ1) is 9.72. The molecule has 0 saturated heterocycles. The van der Waals surface area contributed by atoms with E-state index in [0.29, 0.717) is 6.04 Å². The van der Waals surface area contributed by atoms with E-state index < -0.39 is 0 Å². The molecule has 0 aliphatic heterocycles. The van der Waals surface area contributed by atoms with E-state index in [-0.39, 0.29) is 0 Å². The van der Waals surface area contributed by atoms with E-state index in [1.54, 1.807) is 0 Å². The molecular weight excluding hydrogens is 248 g/mol. The molecule has 0 unspecified atom stereocenters. The average Bonchev–Trinajstić information content (AvgIpc) is 2.45. The number of hydrogen-bond donors (Lipinski definition) is 1. The highest BCUT2D eigenvalue weighted by atomic mass is 16.5. The maximum absolute atomic E-state index is 5.72. The second-order valence-electron chi connectivity index (χ2n) is 5.62. The molecule has 1 heterocycles. The van der Waals surface area contributed by atoms with Gasteiger partial charge in [-0.05, 0) is 12.5 Å². The largest absolute Gasteiger partial charge is 0.478 e. The maximum Gasteiger partial charge on any atom is 0.213 e.